The van der Waals surface area contributed by atoms with Gasteiger partial charge in [0, 0.05) is 12.1 Å². The van der Waals surface area contributed by atoms with Gasteiger partial charge in [-0.3, -0.25) is 4.90 Å². The Labute approximate surface area is 186 Å². The van der Waals surface area contributed by atoms with Crippen LogP contribution in [0.4, 0.5) is 0 Å². The van der Waals surface area contributed by atoms with Gasteiger partial charge in [-0.1, -0.05) is 64.9 Å². The second-order valence-electron chi connectivity index (χ2n) is 10.5. The normalized spacial score (nSPS) is 31.1. The van der Waals surface area contributed by atoms with Gasteiger partial charge >= 0.3 is 5.97 Å². The highest BCUT2D eigenvalue weighted by Gasteiger charge is 2.32. The maximum absolute atomic E-state index is 12.5. The fourth-order valence-electron chi connectivity index (χ4n) is 6.17. The summed E-state index contributed by atoms with van der Waals surface area (Å²) in [5.74, 6) is 2.66. The van der Waals surface area contributed by atoms with E-state index >= 15 is 0 Å². The lowest BCUT2D eigenvalue weighted by Crippen LogP contribution is -2.32. The molecule has 0 unspecified atom stereocenters. The number of unbranched alkanes of at least 4 members (excludes halogenated alkanes) is 2. The summed E-state index contributed by atoms with van der Waals surface area (Å²) in [6.45, 7) is 9.23. The summed E-state index contributed by atoms with van der Waals surface area (Å²) in [7, 11) is 0. The molecular weight excluding hydrogens is 370 g/mol. The molecule has 3 heteroatoms. The van der Waals surface area contributed by atoms with E-state index in [1.165, 1.54) is 89.9 Å². The van der Waals surface area contributed by atoms with Gasteiger partial charge in [0.15, 0.2) is 0 Å². The quantitative estimate of drug-likeness (QED) is 0.232. The van der Waals surface area contributed by atoms with Crippen LogP contribution in [0, 0.1) is 17.8 Å². The van der Waals surface area contributed by atoms with E-state index < -0.39 is 0 Å². The third-order valence-corrected chi connectivity index (χ3v) is 8.17. The second-order valence-corrected chi connectivity index (χ2v) is 10.5. The number of nitrogens with zero attached hydrogens (tertiary/aromatic N) is 1. The Morgan fingerprint density at radius 3 is 2.07 bits per heavy atom. The third kappa shape index (κ3) is 7.70. The van der Waals surface area contributed by atoms with Crippen molar-refractivity contribution in [3.05, 3.63) is 12.2 Å². The lowest BCUT2D eigenvalue weighted by atomic mass is 9.70. The molecule has 172 valence electrons. The van der Waals surface area contributed by atoms with Gasteiger partial charge in [-0.15, -0.1) is 0 Å². The largest absolute Gasteiger partial charge is 0.459 e. The zero-order valence-electron chi connectivity index (χ0n) is 19.7. The van der Waals surface area contributed by atoms with E-state index in [-0.39, 0.29) is 12.1 Å². The summed E-state index contributed by atoms with van der Waals surface area (Å²) in [6, 6.07) is 0. The molecule has 0 bridgehead atoms. The Bertz CT molecular complexity index is 507. The molecule has 0 atom stereocenters. The molecule has 2 aliphatic carbocycles. The minimum absolute atomic E-state index is 0.125. The maximum Gasteiger partial charge on any atom is 0.334 e. The molecule has 3 fully saturated rings. The number of carbonyl (C=O) groups is 1. The molecule has 3 rings (SSSR count). The average Bonchev–Trinajstić information content (AvgIpc) is 3.04. The lowest BCUT2D eigenvalue weighted by Gasteiger charge is -2.37. The summed E-state index contributed by atoms with van der Waals surface area (Å²) in [6.07, 6.45) is 21.3. The predicted molar refractivity (Wildman–Crippen MR) is 125 cm³/mol. The van der Waals surface area contributed by atoms with Crippen molar-refractivity contribution in [1.29, 1.82) is 0 Å². The van der Waals surface area contributed by atoms with E-state index in [4.69, 9.17) is 4.74 Å². The minimum atomic E-state index is -0.143. The number of ether oxygens (including phenoxy) is 1. The molecule has 3 aliphatic rings. The van der Waals surface area contributed by atoms with Crippen molar-refractivity contribution in [1.82, 2.24) is 4.90 Å². The van der Waals surface area contributed by atoms with Gasteiger partial charge in [0.2, 0.25) is 0 Å². The Morgan fingerprint density at radius 1 is 0.867 bits per heavy atom. The highest BCUT2D eigenvalue weighted by molar-refractivity contribution is 5.88. The van der Waals surface area contributed by atoms with Crippen molar-refractivity contribution in [2.45, 2.75) is 116 Å². The standard InChI is InChI=1S/C27H47NO2/c1-3-4-7-10-23-11-13-24(14-12-23)25-15-17-26(18-16-25)30-27(29)22(2)21-28-19-8-5-6-9-20-28/h23-26H,2-21H2,1H3. The molecule has 0 amide bonds. The van der Waals surface area contributed by atoms with Crippen molar-refractivity contribution in [2.75, 3.05) is 19.6 Å². The van der Waals surface area contributed by atoms with Gasteiger partial charge in [-0.05, 0) is 82.2 Å². The first-order chi connectivity index (χ1) is 14.7. The van der Waals surface area contributed by atoms with Crippen LogP contribution in [0.5, 0.6) is 0 Å². The van der Waals surface area contributed by atoms with E-state index in [9.17, 15) is 4.79 Å². The summed E-state index contributed by atoms with van der Waals surface area (Å²) >= 11 is 0. The average molecular weight is 418 g/mol. The second kappa shape index (κ2) is 12.9. The zero-order valence-corrected chi connectivity index (χ0v) is 19.7. The van der Waals surface area contributed by atoms with Crippen LogP contribution in [0.2, 0.25) is 0 Å². The van der Waals surface area contributed by atoms with E-state index in [1.807, 2.05) is 0 Å². The van der Waals surface area contributed by atoms with Crippen LogP contribution in [0.1, 0.15) is 110 Å². The Kier molecular flexibility index (Phi) is 10.2. The van der Waals surface area contributed by atoms with Crippen molar-refractivity contribution in [2.24, 2.45) is 17.8 Å². The molecule has 1 aliphatic heterocycles. The topological polar surface area (TPSA) is 29.5 Å². The zero-order chi connectivity index (χ0) is 21.2. The Morgan fingerprint density at radius 2 is 1.47 bits per heavy atom. The molecule has 1 heterocycles. The van der Waals surface area contributed by atoms with Crippen molar-refractivity contribution in [3.63, 3.8) is 0 Å². The number of rotatable bonds is 9. The molecule has 0 spiro atoms. The first kappa shape index (κ1) is 23.8. The van der Waals surface area contributed by atoms with Crippen molar-refractivity contribution < 1.29 is 9.53 Å². The van der Waals surface area contributed by atoms with Gasteiger partial charge in [0.05, 0.1) is 0 Å². The third-order valence-electron chi connectivity index (χ3n) is 8.17. The monoisotopic (exact) mass is 417 g/mol. The van der Waals surface area contributed by atoms with Crippen LogP contribution >= 0.6 is 0 Å². The molecule has 30 heavy (non-hydrogen) atoms. The van der Waals surface area contributed by atoms with Crippen molar-refractivity contribution in [3.8, 4) is 0 Å². The van der Waals surface area contributed by atoms with Crippen LogP contribution in [-0.2, 0) is 9.53 Å². The van der Waals surface area contributed by atoms with Crippen LogP contribution in [-0.4, -0.2) is 36.6 Å². The van der Waals surface area contributed by atoms with Gasteiger partial charge in [0.1, 0.15) is 6.10 Å². The molecule has 0 N–H and O–H groups in total. The number of hydrogen-bond donors (Lipinski definition) is 0. The van der Waals surface area contributed by atoms with Crippen LogP contribution < -0.4 is 0 Å². The Balaban J connectivity index is 1.31. The van der Waals surface area contributed by atoms with Crippen LogP contribution in [0.25, 0.3) is 0 Å². The SMILES string of the molecule is C=C(CN1CCCCCC1)C(=O)OC1CCC(C2CCC(CCCCC)CC2)CC1. The smallest absolute Gasteiger partial charge is 0.334 e. The molecular formula is C27H47NO2. The summed E-state index contributed by atoms with van der Waals surface area (Å²) in [5, 5.41) is 0. The highest BCUT2D eigenvalue weighted by Crippen LogP contribution is 2.41. The Hall–Kier alpha value is -0.830. The van der Waals surface area contributed by atoms with Crippen molar-refractivity contribution >= 4 is 5.97 Å². The number of hydrogen-bond acceptors (Lipinski definition) is 3. The number of carbonyl (C=O) groups excluding carboxylic acids is 1. The van der Waals surface area contributed by atoms with E-state index in [1.54, 1.807) is 0 Å². The molecule has 0 aromatic rings. The molecule has 0 aromatic carbocycles. The maximum atomic E-state index is 12.5. The fourth-order valence-corrected chi connectivity index (χ4v) is 6.17. The van der Waals surface area contributed by atoms with Gasteiger partial charge < -0.3 is 4.74 Å². The van der Waals surface area contributed by atoms with Gasteiger partial charge in [-0.2, -0.15) is 0 Å². The first-order valence-corrected chi connectivity index (χ1v) is 13.3. The predicted octanol–water partition coefficient (Wildman–Crippen LogP) is 6.91. The molecule has 0 aromatic heterocycles. The van der Waals surface area contributed by atoms with E-state index in [0.717, 1.165) is 43.7 Å². The number of likely N-dealkylation sites (tertiary alicyclic amines) is 1. The van der Waals surface area contributed by atoms with Crippen LogP contribution in [0.3, 0.4) is 0 Å². The molecule has 0 radical (unpaired) electrons. The molecule has 1 saturated heterocycles. The van der Waals surface area contributed by atoms with Gasteiger partial charge in [0.25, 0.3) is 0 Å². The molecule has 2 saturated carbocycles. The summed E-state index contributed by atoms with van der Waals surface area (Å²) in [5.41, 5.74) is 0.653. The highest BCUT2D eigenvalue weighted by atomic mass is 16.5. The molecule has 3 nitrogen and oxygen atoms in total. The minimum Gasteiger partial charge on any atom is -0.459 e. The number of esters is 1. The summed E-state index contributed by atoms with van der Waals surface area (Å²) in [4.78, 5) is 14.9. The van der Waals surface area contributed by atoms with E-state index in [2.05, 4.69) is 18.4 Å². The lowest BCUT2D eigenvalue weighted by molar-refractivity contribution is -0.146. The summed E-state index contributed by atoms with van der Waals surface area (Å²) < 4.78 is 5.87. The first-order valence-electron chi connectivity index (χ1n) is 13.3. The van der Waals surface area contributed by atoms with Crippen LogP contribution in [0.15, 0.2) is 12.2 Å². The van der Waals surface area contributed by atoms with E-state index in [0.29, 0.717) is 12.1 Å². The van der Waals surface area contributed by atoms with Gasteiger partial charge in [-0.25, -0.2) is 4.79 Å². The fraction of sp³-hybridized carbons (Fsp3) is 0.889.